The highest BCUT2D eigenvalue weighted by Gasteiger charge is 2.29. The SMILES string of the molecule is CCN(c1cccc(S(=O)(=O)CCOS(=O)(=O)O)c1)c1nc(Nc2ccc(S(=O)(=O)CCOS(=O)(=O)O)cc2)nc(Nc2ccc3c(O)c(N=Nc4ccc(OC)cc4S(=O)(=O)O)c(S(=O)(=O)O)cc3c2S(=O)(=O)O)n1. The van der Waals surface area contributed by atoms with Gasteiger partial charge in [-0.25, -0.2) is 25.2 Å². The fraction of sp³-hybridized carbons (Fsp3) is 0.184. The van der Waals surface area contributed by atoms with Crippen LogP contribution in [-0.4, -0.2) is 140 Å². The number of methoxy groups -OCH3 is 1. The zero-order valence-corrected chi connectivity index (χ0v) is 44.0. The minimum Gasteiger partial charge on any atom is -0.505 e. The monoisotopic (exact) mass is 1200 g/mol. The molecule has 0 atom stereocenters. The van der Waals surface area contributed by atoms with E-state index in [-0.39, 0.29) is 39.4 Å². The predicted octanol–water partition coefficient (Wildman–Crippen LogP) is 3.73. The Balaban J connectivity index is 1.49. The molecule has 0 unspecified atom stereocenters. The van der Waals surface area contributed by atoms with Crippen LogP contribution in [0.1, 0.15) is 6.92 Å². The van der Waals surface area contributed by atoms with E-state index in [0.717, 1.165) is 48.5 Å². The van der Waals surface area contributed by atoms with Gasteiger partial charge in [0, 0.05) is 34.8 Å². The van der Waals surface area contributed by atoms with E-state index in [2.05, 4.69) is 44.2 Å². The molecule has 0 bridgehead atoms. The maximum atomic E-state index is 13.3. The quantitative estimate of drug-likeness (QED) is 0.0335. The average molecular weight is 1200 g/mol. The summed E-state index contributed by atoms with van der Waals surface area (Å²) in [4.78, 5) is 10.0. The van der Waals surface area contributed by atoms with Gasteiger partial charge < -0.3 is 25.4 Å². The van der Waals surface area contributed by atoms with Crippen molar-refractivity contribution in [3.63, 3.8) is 0 Å². The van der Waals surface area contributed by atoms with Crippen LogP contribution in [0.4, 0.5) is 46.3 Å². The third kappa shape index (κ3) is 14.6. The average Bonchev–Trinajstić information content (AvgIpc) is 3.29. The number of hydrogen-bond donors (Lipinski definition) is 8. The first-order chi connectivity index (χ1) is 35.1. The van der Waals surface area contributed by atoms with Crippen LogP contribution in [0, 0.1) is 0 Å². The van der Waals surface area contributed by atoms with Gasteiger partial charge in [-0.1, -0.05) is 6.07 Å². The van der Waals surface area contributed by atoms with Gasteiger partial charge in [-0.15, -0.1) is 10.2 Å². The third-order valence-electron chi connectivity index (χ3n) is 9.98. The van der Waals surface area contributed by atoms with E-state index in [1.165, 1.54) is 42.3 Å². The number of fused-ring (bicyclic) bond motifs is 1. The Morgan fingerprint density at radius 2 is 1.17 bits per heavy atom. The number of aromatic hydroxyl groups is 1. The normalized spacial score (nSPS) is 13.0. The molecule has 410 valence electrons. The van der Waals surface area contributed by atoms with Crippen molar-refractivity contribution in [2.24, 2.45) is 10.2 Å². The van der Waals surface area contributed by atoms with Crippen LogP contribution in [0.15, 0.2) is 120 Å². The van der Waals surface area contributed by atoms with Gasteiger partial charge in [0.25, 0.3) is 30.4 Å². The Hall–Kier alpha value is -6.66. The zero-order valence-electron chi connectivity index (χ0n) is 38.3. The Morgan fingerprint density at radius 3 is 1.71 bits per heavy atom. The van der Waals surface area contributed by atoms with Crippen molar-refractivity contribution in [3.8, 4) is 11.5 Å². The van der Waals surface area contributed by atoms with E-state index in [9.17, 15) is 77.7 Å². The summed E-state index contributed by atoms with van der Waals surface area (Å²) in [7, 11) is -33.5. The van der Waals surface area contributed by atoms with E-state index >= 15 is 0 Å². The number of ether oxygens (including phenoxy) is 1. The van der Waals surface area contributed by atoms with Crippen molar-refractivity contribution in [1.82, 2.24) is 15.0 Å². The third-order valence-corrected chi connectivity index (χ3v) is 17.0. The molecule has 0 fully saturated rings. The molecule has 76 heavy (non-hydrogen) atoms. The van der Waals surface area contributed by atoms with Crippen LogP contribution in [0.2, 0.25) is 0 Å². The molecule has 0 saturated carbocycles. The van der Waals surface area contributed by atoms with Gasteiger partial charge in [0.2, 0.25) is 17.8 Å². The number of nitrogens with zero attached hydrogens (tertiary/aromatic N) is 6. The molecule has 6 aromatic rings. The summed E-state index contributed by atoms with van der Waals surface area (Å²) in [6.07, 6.45) is 0. The molecule has 0 saturated heterocycles. The highest BCUT2D eigenvalue weighted by molar-refractivity contribution is 7.92. The van der Waals surface area contributed by atoms with E-state index in [1.54, 1.807) is 6.92 Å². The Kier molecular flexibility index (Phi) is 17.1. The van der Waals surface area contributed by atoms with Crippen LogP contribution in [0.25, 0.3) is 10.8 Å². The second-order valence-corrected chi connectivity index (χ2v) is 25.5. The number of rotatable bonds is 23. The summed E-state index contributed by atoms with van der Waals surface area (Å²) >= 11 is 0. The predicted molar refractivity (Wildman–Crippen MR) is 263 cm³/mol. The van der Waals surface area contributed by atoms with Crippen molar-refractivity contribution >= 4 is 128 Å². The number of aromatic nitrogens is 3. The molecule has 38 heteroatoms. The second kappa shape index (κ2) is 22.1. The van der Waals surface area contributed by atoms with Crippen LogP contribution < -0.4 is 20.3 Å². The molecule has 0 aliphatic heterocycles. The van der Waals surface area contributed by atoms with Crippen LogP contribution in [-0.2, 0) is 79.2 Å². The van der Waals surface area contributed by atoms with Crippen molar-refractivity contribution in [3.05, 3.63) is 84.9 Å². The first-order valence-electron chi connectivity index (χ1n) is 20.4. The van der Waals surface area contributed by atoms with E-state index in [0.29, 0.717) is 6.07 Å². The van der Waals surface area contributed by atoms with E-state index in [1.807, 2.05) is 0 Å². The van der Waals surface area contributed by atoms with Crippen LogP contribution >= 0.6 is 0 Å². The number of sulfone groups is 2. The van der Waals surface area contributed by atoms with Crippen molar-refractivity contribution in [2.45, 2.75) is 31.4 Å². The van der Waals surface area contributed by atoms with Gasteiger partial charge in [-0.2, -0.15) is 57.0 Å². The van der Waals surface area contributed by atoms with Crippen molar-refractivity contribution < 1.29 is 99.9 Å². The zero-order chi connectivity index (χ0) is 56.4. The fourth-order valence-corrected chi connectivity index (χ4v) is 11.8. The summed E-state index contributed by atoms with van der Waals surface area (Å²) in [6, 6.07) is 14.8. The summed E-state index contributed by atoms with van der Waals surface area (Å²) in [5, 5.41) is 22.6. The lowest BCUT2D eigenvalue weighted by atomic mass is 10.1. The molecule has 1 aromatic heterocycles. The number of anilines is 6. The Bertz CT molecular complexity index is 4110. The molecule has 0 amide bonds. The molecule has 31 nitrogen and oxygen atoms in total. The van der Waals surface area contributed by atoms with Crippen LogP contribution in [0.5, 0.6) is 11.5 Å². The second-order valence-electron chi connectivity index (χ2n) is 15.0. The smallest absolute Gasteiger partial charge is 0.397 e. The first-order valence-corrected chi connectivity index (χ1v) is 30.8. The molecule has 5 aromatic carbocycles. The number of phenolic OH excluding ortho intramolecular Hbond substituents is 1. The minimum atomic E-state index is -5.57. The maximum Gasteiger partial charge on any atom is 0.397 e. The molecule has 1 heterocycles. The van der Waals surface area contributed by atoms with Gasteiger partial charge in [-0.05, 0) is 79.7 Å². The Labute approximate surface area is 432 Å². The number of hydrogen-bond acceptors (Lipinski definition) is 26. The molecule has 0 aliphatic carbocycles. The number of benzene rings is 5. The minimum absolute atomic E-state index is 0.0432. The van der Waals surface area contributed by atoms with Gasteiger partial charge in [0.05, 0.1) is 47.3 Å². The molecular weight excluding hydrogens is 1160 g/mol. The highest BCUT2D eigenvalue weighted by Crippen LogP contribution is 2.45. The molecule has 6 rings (SSSR count). The summed E-state index contributed by atoms with van der Waals surface area (Å²) in [6.45, 7) is -0.450. The number of phenols is 1. The van der Waals surface area contributed by atoms with Crippen molar-refractivity contribution in [1.29, 1.82) is 0 Å². The lowest BCUT2D eigenvalue weighted by Gasteiger charge is -2.23. The standard InChI is InChI=1S/C38H38N8O23S7/c1-3-46(23-5-4-6-26(19-23)71(50,51)18-16-69-76(64,65)66)38-42-36(39-22-7-10-25(11-8-22)70(48,49)17-15-68-75(61,62)63)41-37(43-38)40-30-14-12-27-28(35(30)74(58,59)60)21-32(73(55,56)57)33(34(27)47)45-44-29-13-9-24(67-2)20-31(29)72(52,53)54/h4-14,19-21,47H,3,15-18H2,1-2H3,(H,52,53,54)(H,55,56,57)(H,58,59,60)(H,61,62,63)(H,64,65,66)(H2,39,40,41,42,43). The lowest BCUT2D eigenvalue weighted by molar-refractivity contribution is 0.282. The number of nitrogens with one attached hydrogen (secondary N) is 2. The summed E-state index contributed by atoms with van der Waals surface area (Å²) in [5.41, 5.74) is -2.30. The van der Waals surface area contributed by atoms with Crippen LogP contribution in [0.3, 0.4) is 0 Å². The van der Waals surface area contributed by atoms with Gasteiger partial charge >= 0.3 is 20.8 Å². The van der Waals surface area contributed by atoms with Gasteiger partial charge in [0.15, 0.2) is 25.4 Å². The largest absolute Gasteiger partial charge is 0.505 e. The molecule has 0 aliphatic rings. The summed E-state index contributed by atoms with van der Waals surface area (Å²) < 4.78 is 234. The molecular formula is C38H38N8O23S7. The van der Waals surface area contributed by atoms with Crippen molar-refractivity contribution in [2.75, 3.05) is 53.9 Å². The van der Waals surface area contributed by atoms with E-state index < -0.39 is 156 Å². The number of azo groups is 1. The first kappa shape index (κ1) is 58.6. The van der Waals surface area contributed by atoms with Gasteiger partial charge in [0.1, 0.15) is 31.8 Å². The lowest BCUT2D eigenvalue weighted by Crippen LogP contribution is -2.21. The highest BCUT2D eigenvalue weighted by atomic mass is 32.3. The molecule has 8 N–H and O–H groups in total. The fourth-order valence-electron chi connectivity index (χ4n) is 6.69. The maximum absolute atomic E-state index is 13.3. The summed E-state index contributed by atoms with van der Waals surface area (Å²) in [5.74, 6) is -4.50. The molecule has 0 radical (unpaired) electrons. The van der Waals surface area contributed by atoms with E-state index in [4.69, 9.17) is 13.8 Å². The van der Waals surface area contributed by atoms with Gasteiger partial charge in [-0.3, -0.25) is 22.8 Å². The Morgan fingerprint density at radius 1 is 0.592 bits per heavy atom. The molecule has 0 spiro atoms. The topological polar surface area (TPSA) is 479 Å².